The lowest BCUT2D eigenvalue weighted by Gasteiger charge is -2.22. The molecule has 0 bridgehead atoms. The zero-order chi connectivity index (χ0) is 18.3. The van der Waals surface area contributed by atoms with Crippen molar-refractivity contribution in [2.75, 3.05) is 20.2 Å². The highest BCUT2D eigenvalue weighted by molar-refractivity contribution is 7.11. The van der Waals surface area contributed by atoms with Gasteiger partial charge in [-0.2, -0.15) is 0 Å². The van der Waals surface area contributed by atoms with E-state index in [-0.39, 0.29) is 5.41 Å². The number of para-hydroxylation sites is 1. The first-order valence-corrected chi connectivity index (χ1v) is 9.30. The van der Waals surface area contributed by atoms with Crippen LogP contribution in [0.4, 0.5) is 0 Å². The number of rotatable bonds is 6. The molecule has 6 heteroatoms. The molecule has 0 aliphatic rings. The molecule has 0 fully saturated rings. The summed E-state index contributed by atoms with van der Waals surface area (Å²) in [6, 6.07) is 8.21. The molecule has 5 nitrogen and oxygen atoms in total. The first kappa shape index (κ1) is 19.2. The Kier molecular flexibility index (Phi) is 6.82. The van der Waals surface area contributed by atoms with Crippen LogP contribution in [-0.4, -0.2) is 31.1 Å². The van der Waals surface area contributed by atoms with Crippen molar-refractivity contribution in [2.24, 2.45) is 4.99 Å². The zero-order valence-corrected chi connectivity index (χ0v) is 16.5. The normalized spacial score (nSPS) is 12.1. The van der Waals surface area contributed by atoms with Crippen molar-refractivity contribution in [1.82, 2.24) is 15.6 Å². The molecule has 1 aromatic carbocycles. The first-order valence-electron chi connectivity index (χ1n) is 8.48. The summed E-state index contributed by atoms with van der Waals surface area (Å²) in [4.78, 5) is 9.78. The predicted octanol–water partition coefficient (Wildman–Crippen LogP) is 3.49. The van der Waals surface area contributed by atoms with E-state index >= 15 is 0 Å². The molecule has 2 aromatic rings. The summed E-state index contributed by atoms with van der Waals surface area (Å²) in [6.07, 6.45) is 1.89. The fraction of sp³-hybridized carbons (Fsp3) is 0.474. The Hall–Kier alpha value is -2.08. The number of hydrogen-bond donors (Lipinski definition) is 2. The van der Waals surface area contributed by atoms with Gasteiger partial charge in [-0.05, 0) is 24.0 Å². The highest BCUT2D eigenvalue weighted by Gasteiger charge is 2.18. The summed E-state index contributed by atoms with van der Waals surface area (Å²) in [5.74, 6) is 1.69. The van der Waals surface area contributed by atoms with Gasteiger partial charge in [-0.25, -0.2) is 4.98 Å². The number of guanidine groups is 1. The molecular weight excluding hydrogens is 332 g/mol. The highest BCUT2D eigenvalue weighted by Crippen LogP contribution is 2.30. The summed E-state index contributed by atoms with van der Waals surface area (Å²) in [5.41, 5.74) is 1.28. The molecule has 0 aliphatic carbocycles. The van der Waals surface area contributed by atoms with Gasteiger partial charge in [0.1, 0.15) is 17.4 Å². The van der Waals surface area contributed by atoms with Gasteiger partial charge in [0.05, 0.1) is 13.1 Å². The van der Waals surface area contributed by atoms with Gasteiger partial charge in [0.25, 0.3) is 0 Å². The van der Waals surface area contributed by atoms with E-state index in [2.05, 4.69) is 60.4 Å². The Bertz CT molecular complexity index is 703. The largest absolute Gasteiger partial charge is 0.491 e. The standard InChI is InChI=1S/C19H28N4OS/c1-14-12-22-17(25-14)13-23-18(20-5)21-10-11-24-16-9-7-6-8-15(16)19(2,3)4/h6-9,12H,10-11,13H2,1-5H3,(H2,20,21,23). The lowest BCUT2D eigenvalue weighted by Crippen LogP contribution is -2.38. The molecule has 0 amide bonds. The summed E-state index contributed by atoms with van der Waals surface area (Å²) in [7, 11) is 1.76. The van der Waals surface area contributed by atoms with Crippen LogP contribution in [0.15, 0.2) is 35.5 Å². The molecule has 0 atom stereocenters. The van der Waals surface area contributed by atoms with Crippen LogP contribution < -0.4 is 15.4 Å². The van der Waals surface area contributed by atoms with Crippen molar-refractivity contribution in [3.8, 4) is 5.75 Å². The monoisotopic (exact) mass is 360 g/mol. The molecule has 0 saturated heterocycles. The molecule has 0 unspecified atom stereocenters. The molecule has 2 rings (SSSR count). The number of aryl methyl sites for hydroxylation is 1. The van der Waals surface area contributed by atoms with Gasteiger partial charge in [-0.3, -0.25) is 4.99 Å². The van der Waals surface area contributed by atoms with Crippen molar-refractivity contribution in [3.05, 3.63) is 45.9 Å². The van der Waals surface area contributed by atoms with Crippen LogP contribution in [0, 0.1) is 6.92 Å². The van der Waals surface area contributed by atoms with Gasteiger partial charge in [-0.15, -0.1) is 11.3 Å². The third-order valence-electron chi connectivity index (χ3n) is 3.65. The van der Waals surface area contributed by atoms with E-state index in [1.54, 1.807) is 18.4 Å². The number of nitrogens with one attached hydrogen (secondary N) is 2. The number of aromatic nitrogens is 1. The van der Waals surface area contributed by atoms with Crippen LogP contribution in [0.3, 0.4) is 0 Å². The lowest BCUT2D eigenvalue weighted by molar-refractivity contribution is 0.313. The SMILES string of the molecule is CN=C(NCCOc1ccccc1C(C)(C)C)NCc1ncc(C)s1. The average molecular weight is 361 g/mol. The molecule has 0 saturated carbocycles. The van der Waals surface area contributed by atoms with Gasteiger partial charge in [-0.1, -0.05) is 39.0 Å². The third kappa shape index (κ3) is 6.05. The predicted molar refractivity (Wildman–Crippen MR) is 106 cm³/mol. The third-order valence-corrected chi connectivity index (χ3v) is 4.56. The van der Waals surface area contributed by atoms with Crippen LogP contribution in [0.2, 0.25) is 0 Å². The number of aliphatic imine (C=N–C) groups is 1. The van der Waals surface area contributed by atoms with Gasteiger partial charge < -0.3 is 15.4 Å². The maximum absolute atomic E-state index is 5.97. The van der Waals surface area contributed by atoms with Gasteiger partial charge in [0.15, 0.2) is 5.96 Å². The molecule has 1 aromatic heterocycles. The zero-order valence-electron chi connectivity index (χ0n) is 15.7. The van der Waals surface area contributed by atoms with Gasteiger partial charge in [0, 0.05) is 18.1 Å². The van der Waals surface area contributed by atoms with Gasteiger partial charge >= 0.3 is 0 Å². The van der Waals surface area contributed by atoms with Crippen molar-refractivity contribution in [1.29, 1.82) is 0 Å². The number of benzene rings is 1. The summed E-state index contributed by atoms with van der Waals surface area (Å²) < 4.78 is 5.97. The molecule has 2 N–H and O–H groups in total. The number of thiazole rings is 1. The van der Waals surface area contributed by atoms with Crippen molar-refractivity contribution in [2.45, 2.75) is 39.7 Å². The molecule has 0 aliphatic heterocycles. The van der Waals surface area contributed by atoms with E-state index in [1.807, 2.05) is 18.3 Å². The Morgan fingerprint density at radius 1 is 1.24 bits per heavy atom. The summed E-state index contributed by atoms with van der Waals surface area (Å²) in [5, 5.41) is 7.58. The molecule has 25 heavy (non-hydrogen) atoms. The van der Waals surface area contributed by atoms with Crippen LogP contribution in [0.5, 0.6) is 5.75 Å². The minimum Gasteiger partial charge on any atom is -0.491 e. The van der Waals surface area contributed by atoms with Crippen molar-refractivity contribution in [3.63, 3.8) is 0 Å². The fourth-order valence-corrected chi connectivity index (χ4v) is 3.13. The maximum Gasteiger partial charge on any atom is 0.191 e. The number of ether oxygens (including phenoxy) is 1. The van der Waals surface area contributed by atoms with E-state index in [4.69, 9.17) is 4.74 Å². The quantitative estimate of drug-likeness (QED) is 0.470. The van der Waals surface area contributed by atoms with Crippen LogP contribution in [-0.2, 0) is 12.0 Å². The van der Waals surface area contributed by atoms with E-state index in [1.165, 1.54) is 10.4 Å². The van der Waals surface area contributed by atoms with Gasteiger partial charge in [0.2, 0.25) is 0 Å². The summed E-state index contributed by atoms with van der Waals surface area (Å²) in [6.45, 7) is 10.6. The minimum absolute atomic E-state index is 0.0629. The van der Waals surface area contributed by atoms with Crippen LogP contribution in [0.25, 0.3) is 0 Å². The molecule has 0 radical (unpaired) electrons. The second-order valence-electron chi connectivity index (χ2n) is 6.81. The second kappa shape index (κ2) is 8.85. The van der Waals surface area contributed by atoms with Crippen LogP contribution in [0.1, 0.15) is 36.2 Å². The van der Waals surface area contributed by atoms with E-state index < -0.39 is 0 Å². The van der Waals surface area contributed by atoms with Crippen molar-refractivity contribution >= 4 is 17.3 Å². The highest BCUT2D eigenvalue weighted by atomic mass is 32.1. The maximum atomic E-state index is 5.97. The summed E-state index contributed by atoms with van der Waals surface area (Å²) >= 11 is 1.69. The van der Waals surface area contributed by atoms with Crippen molar-refractivity contribution < 1.29 is 4.74 Å². The topological polar surface area (TPSA) is 58.5 Å². The Morgan fingerprint density at radius 2 is 2.00 bits per heavy atom. The smallest absolute Gasteiger partial charge is 0.191 e. The number of hydrogen-bond acceptors (Lipinski definition) is 4. The first-order chi connectivity index (χ1) is 11.9. The molecule has 0 spiro atoms. The molecular formula is C19H28N4OS. The van der Waals surface area contributed by atoms with Crippen LogP contribution >= 0.6 is 11.3 Å². The average Bonchev–Trinajstić information content (AvgIpc) is 2.99. The molecule has 136 valence electrons. The Labute approximate surface area is 154 Å². The number of nitrogens with zero attached hydrogens (tertiary/aromatic N) is 2. The van der Waals surface area contributed by atoms with E-state index in [0.29, 0.717) is 19.7 Å². The fourth-order valence-electron chi connectivity index (χ4n) is 2.41. The minimum atomic E-state index is 0.0629. The molecule has 1 heterocycles. The Morgan fingerprint density at radius 3 is 2.64 bits per heavy atom. The van der Waals surface area contributed by atoms with E-state index in [0.717, 1.165) is 16.7 Å². The lowest BCUT2D eigenvalue weighted by atomic mass is 9.86. The van der Waals surface area contributed by atoms with E-state index in [9.17, 15) is 0 Å². The Balaban J connectivity index is 1.78. The second-order valence-corrected chi connectivity index (χ2v) is 8.13.